The van der Waals surface area contributed by atoms with Crippen molar-refractivity contribution in [1.82, 2.24) is 52.5 Å². The maximum atomic E-state index is 13.9. The van der Waals surface area contributed by atoms with E-state index in [2.05, 4.69) is 63.1 Å². The van der Waals surface area contributed by atoms with Crippen molar-refractivity contribution < 1.29 is 77.0 Å². The standard InChI is InChI=1S/C82H102N12O16/c1-57-31-37-85-73(51-57)83-35-11-21-75(95)91-71(79(101)93-69(53-77(97)98)63-27-23-61(24-28-63)67-19-9-15-59-13-3-5-17-65(59)67)55-109-49-47-107-45-43-105-41-39-89-81(103)87-33-7-8-34-88-82(104)90-40-42-106-44-46-108-48-50-110-56-72(92-76(96)22-12-36-84-74-52-58(2)32-38-86-74)80(102)94-70(54-78(99)100)64-29-25-62(26-30-64)68-20-10-16-60-14-4-6-18-66(60)68/h3-6,9-10,13-20,23-32,37-38,51-52,69-72H,7-8,11-12,21-22,33-36,39-50,53-56H2,1-2H3,(H,83,85)(H,84,86)(H,91,95)(H,92,96)(H,93,101)(H,94,102)(H,97,98)(H,99,100)(H2,87,89,103)(H2,88,90,104). The number of ether oxygens (including phenoxy) is 6. The molecule has 8 aromatic rings. The van der Waals surface area contributed by atoms with Crippen molar-refractivity contribution >= 4 is 80.8 Å². The summed E-state index contributed by atoms with van der Waals surface area (Å²) in [5.41, 5.74) is 7.12. The molecule has 0 aliphatic heterocycles. The van der Waals surface area contributed by atoms with Crippen LogP contribution in [0.4, 0.5) is 21.2 Å². The number of carbonyl (C=O) groups is 8. The molecule has 0 aliphatic carbocycles. The van der Waals surface area contributed by atoms with Crippen LogP contribution in [0.5, 0.6) is 0 Å². The van der Waals surface area contributed by atoms with Crippen LogP contribution in [0.3, 0.4) is 0 Å². The van der Waals surface area contributed by atoms with Crippen LogP contribution in [0.15, 0.2) is 170 Å². The van der Waals surface area contributed by atoms with E-state index >= 15 is 0 Å². The van der Waals surface area contributed by atoms with Gasteiger partial charge in [0.05, 0.1) is 104 Å². The molecule has 8 amide bonds. The molecule has 0 radical (unpaired) electrons. The van der Waals surface area contributed by atoms with Gasteiger partial charge in [-0.25, -0.2) is 19.6 Å². The number of nitrogens with one attached hydrogen (secondary N) is 10. The number of aromatic nitrogens is 2. The van der Waals surface area contributed by atoms with Gasteiger partial charge in [-0.3, -0.25) is 28.8 Å². The summed E-state index contributed by atoms with van der Waals surface area (Å²) in [7, 11) is 0. The number of aryl methyl sites for hydroxylation is 2. The lowest BCUT2D eigenvalue weighted by atomic mass is 9.95. The number of unbranched alkanes of at least 4 members (excludes halogenated alkanes) is 1. The molecular formula is C82H102N12O16. The first-order valence-corrected chi connectivity index (χ1v) is 37.2. The van der Waals surface area contributed by atoms with E-state index < -0.39 is 60.8 Å². The molecule has 2 heterocycles. The number of hydrogen-bond acceptors (Lipinski definition) is 18. The van der Waals surface area contributed by atoms with Gasteiger partial charge in [-0.05, 0) is 130 Å². The lowest BCUT2D eigenvalue weighted by Crippen LogP contribution is -2.50. The number of carboxylic acid groups (broad SMARTS) is 2. The van der Waals surface area contributed by atoms with Gasteiger partial charge in [0.2, 0.25) is 23.6 Å². The molecule has 8 rings (SSSR count). The zero-order chi connectivity index (χ0) is 77.9. The molecule has 0 bridgehead atoms. The molecule has 4 atom stereocenters. The third kappa shape index (κ3) is 30.8. The van der Waals surface area contributed by atoms with Crippen molar-refractivity contribution in [2.75, 3.05) is 129 Å². The Morgan fingerprint density at radius 1 is 0.382 bits per heavy atom. The van der Waals surface area contributed by atoms with Crippen LogP contribution in [0.2, 0.25) is 0 Å². The van der Waals surface area contributed by atoms with Gasteiger partial charge in [-0.1, -0.05) is 133 Å². The Morgan fingerprint density at radius 3 is 1.14 bits per heavy atom. The number of urea groups is 2. The molecule has 0 saturated heterocycles. The average Bonchev–Trinajstić information content (AvgIpc) is 0.806. The van der Waals surface area contributed by atoms with Crippen LogP contribution < -0.4 is 53.2 Å². The van der Waals surface area contributed by atoms with Crippen LogP contribution in [-0.4, -0.2) is 198 Å². The summed E-state index contributed by atoms with van der Waals surface area (Å²) in [6.45, 7) is 7.47. The number of fused-ring (bicyclic) bond motifs is 2. The number of hydrogen-bond donors (Lipinski definition) is 12. The molecule has 2 aromatic heterocycles. The molecule has 586 valence electrons. The number of amides is 8. The van der Waals surface area contributed by atoms with E-state index in [4.69, 9.17) is 28.4 Å². The summed E-state index contributed by atoms with van der Waals surface area (Å²) in [4.78, 5) is 112. The van der Waals surface area contributed by atoms with Gasteiger partial charge < -0.3 is 91.8 Å². The van der Waals surface area contributed by atoms with E-state index in [0.717, 1.165) is 54.9 Å². The summed E-state index contributed by atoms with van der Waals surface area (Å²) >= 11 is 0. The van der Waals surface area contributed by atoms with Crippen LogP contribution >= 0.6 is 0 Å². The summed E-state index contributed by atoms with van der Waals surface area (Å²) in [6.07, 6.45) is 4.90. The molecule has 6 aromatic carbocycles. The maximum absolute atomic E-state index is 13.9. The van der Waals surface area contributed by atoms with Gasteiger partial charge in [0.15, 0.2) is 0 Å². The first kappa shape index (κ1) is 84.5. The molecule has 0 spiro atoms. The molecule has 0 aliphatic rings. The summed E-state index contributed by atoms with van der Waals surface area (Å²) in [5, 5.41) is 52.7. The lowest BCUT2D eigenvalue weighted by Gasteiger charge is -2.23. The van der Waals surface area contributed by atoms with Crippen molar-refractivity contribution in [3.05, 3.63) is 192 Å². The Kier molecular flexibility index (Phi) is 36.6. The molecule has 12 N–H and O–H groups in total. The summed E-state index contributed by atoms with van der Waals surface area (Å²) < 4.78 is 34.1. The highest BCUT2D eigenvalue weighted by Gasteiger charge is 2.28. The fraction of sp³-hybridized carbons (Fsp3) is 0.390. The van der Waals surface area contributed by atoms with E-state index in [1.54, 1.807) is 36.7 Å². The van der Waals surface area contributed by atoms with E-state index in [9.17, 15) is 48.6 Å². The van der Waals surface area contributed by atoms with Crippen molar-refractivity contribution in [1.29, 1.82) is 0 Å². The quantitative estimate of drug-likeness (QED) is 0.0158. The summed E-state index contributed by atoms with van der Waals surface area (Å²) in [5.74, 6) is -2.86. The smallest absolute Gasteiger partial charge is 0.314 e. The largest absolute Gasteiger partial charge is 0.481 e. The predicted molar refractivity (Wildman–Crippen MR) is 419 cm³/mol. The third-order valence-corrected chi connectivity index (χ3v) is 17.4. The van der Waals surface area contributed by atoms with E-state index in [1.165, 1.54) is 0 Å². The van der Waals surface area contributed by atoms with Crippen molar-refractivity contribution in [3.8, 4) is 22.3 Å². The van der Waals surface area contributed by atoms with Gasteiger partial charge in [-0.2, -0.15) is 0 Å². The zero-order valence-electron chi connectivity index (χ0n) is 62.4. The molecule has 4 unspecified atom stereocenters. The molecular weight excluding hydrogens is 1410 g/mol. The summed E-state index contributed by atoms with van der Waals surface area (Å²) in [6, 6.07) is 45.6. The van der Waals surface area contributed by atoms with Crippen LogP contribution in [0.25, 0.3) is 43.8 Å². The van der Waals surface area contributed by atoms with Crippen LogP contribution in [-0.2, 0) is 57.2 Å². The molecule has 110 heavy (non-hydrogen) atoms. The highest BCUT2D eigenvalue weighted by Crippen LogP contribution is 2.32. The zero-order valence-corrected chi connectivity index (χ0v) is 62.4. The Hall–Kier alpha value is -11.1. The number of anilines is 2. The second kappa shape index (κ2) is 47.6. The minimum Gasteiger partial charge on any atom is -0.481 e. The Morgan fingerprint density at radius 2 is 0.745 bits per heavy atom. The van der Waals surface area contributed by atoms with Gasteiger partial charge in [0.1, 0.15) is 23.7 Å². The molecule has 0 saturated carbocycles. The normalized spacial score (nSPS) is 12.2. The van der Waals surface area contributed by atoms with E-state index in [0.29, 0.717) is 74.6 Å². The lowest BCUT2D eigenvalue weighted by molar-refractivity contribution is -0.139. The van der Waals surface area contributed by atoms with E-state index in [1.807, 2.05) is 147 Å². The SMILES string of the molecule is Cc1ccnc(NCCCC(=O)NC(COCCOCCOCCNC(=O)NCCCCNC(=O)NCCOCCOCCOCC(NC(=O)CCCNc2cc(C)ccn2)C(=O)NC(CC(=O)O)c2ccc(-c3cccc4ccccc34)cc2)C(=O)NC(CC(=O)O)c2ccc(-c3cccc4ccccc34)cc2)c1. The monoisotopic (exact) mass is 1510 g/mol. The fourth-order valence-electron chi connectivity index (χ4n) is 11.8. The van der Waals surface area contributed by atoms with Crippen molar-refractivity contribution in [2.24, 2.45) is 0 Å². The van der Waals surface area contributed by atoms with Crippen LogP contribution in [0.1, 0.15) is 85.7 Å². The topological polar surface area (TPSA) is 378 Å². The number of carboxylic acids is 2. The Balaban J connectivity index is 0.638. The predicted octanol–water partition coefficient (Wildman–Crippen LogP) is 8.93. The minimum absolute atomic E-state index is 0.0769. The third-order valence-electron chi connectivity index (χ3n) is 17.4. The highest BCUT2D eigenvalue weighted by atomic mass is 16.5. The van der Waals surface area contributed by atoms with Gasteiger partial charge in [0, 0.05) is 64.5 Å². The van der Waals surface area contributed by atoms with Crippen molar-refractivity contribution in [3.63, 3.8) is 0 Å². The highest BCUT2D eigenvalue weighted by molar-refractivity contribution is 5.98. The fourth-order valence-corrected chi connectivity index (χ4v) is 11.8. The Labute approximate surface area is 640 Å². The second-order valence-electron chi connectivity index (χ2n) is 26.0. The number of rotatable bonds is 51. The Bertz CT molecular complexity index is 3930. The van der Waals surface area contributed by atoms with Gasteiger partial charge >= 0.3 is 24.0 Å². The molecule has 0 fully saturated rings. The molecule has 28 heteroatoms. The van der Waals surface area contributed by atoms with Gasteiger partial charge in [-0.15, -0.1) is 0 Å². The molecule has 28 nitrogen and oxygen atoms in total. The van der Waals surface area contributed by atoms with Gasteiger partial charge in [0.25, 0.3) is 0 Å². The number of aliphatic carboxylic acids is 2. The van der Waals surface area contributed by atoms with Crippen LogP contribution in [0, 0.1) is 13.8 Å². The number of nitrogens with zero attached hydrogens (tertiary/aromatic N) is 2. The van der Waals surface area contributed by atoms with Crippen molar-refractivity contribution in [2.45, 2.75) is 89.4 Å². The second-order valence-corrected chi connectivity index (χ2v) is 26.0. The maximum Gasteiger partial charge on any atom is 0.314 e. The number of carbonyl (C=O) groups excluding carboxylic acids is 6. The minimum atomic E-state index is -1.15. The number of pyridine rings is 2. The van der Waals surface area contributed by atoms with E-state index in [-0.39, 0.29) is 129 Å². The average molecular weight is 1510 g/mol. The first-order valence-electron chi connectivity index (χ1n) is 37.2. The first-order chi connectivity index (χ1) is 53.5. The number of benzene rings is 6.